The number of aromatic nitrogens is 1. The van der Waals surface area contributed by atoms with Crippen LogP contribution in [0, 0.1) is 6.92 Å². The standard InChI is InChI=1S/C13H20N4/c1-10-12(8-5-9-15-10)13(17-14)16-11-6-3-2-4-7-11/h5,8-9,11H,2-4,6-7,14H2,1H3,(H,16,17). The highest BCUT2D eigenvalue weighted by Gasteiger charge is 2.14. The molecule has 0 aliphatic heterocycles. The van der Waals surface area contributed by atoms with Gasteiger partial charge in [-0.25, -0.2) is 5.84 Å². The number of amidine groups is 1. The Morgan fingerprint density at radius 1 is 1.41 bits per heavy atom. The zero-order valence-electron chi connectivity index (χ0n) is 10.3. The van der Waals surface area contributed by atoms with Crippen LogP contribution in [0.5, 0.6) is 0 Å². The van der Waals surface area contributed by atoms with E-state index in [0.717, 1.165) is 17.1 Å². The molecule has 4 nitrogen and oxygen atoms in total. The van der Waals surface area contributed by atoms with Gasteiger partial charge in [0.25, 0.3) is 0 Å². The lowest BCUT2D eigenvalue weighted by Gasteiger charge is -2.19. The van der Waals surface area contributed by atoms with Gasteiger partial charge in [-0.2, -0.15) is 0 Å². The molecule has 1 aliphatic rings. The van der Waals surface area contributed by atoms with Crippen LogP contribution in [0.15, 0.2) is 23.3 Å². The van der Waals surface area contributed by atoms with Crippen LogP contribution in [-0.2, 0) is 0 Å². The van der Waals surface area contributed by atoms with Gasteiger partial charge in [-0.05, 0) is 31.9 Å². The average molecular weight is 232 g/mol. The second-order valence-corrected chi connectivity index (χ2v) is 4.55. The predicted molar refractivity (Wildman–Crippen MR) is 69.7 cm³/mol. The molecule has 0 spiro atoms. The minimum absolute atomic E-state index is 0.411. The minimum atomic E-state index is 0.411. The third kappa shape index (κ3) is 3.03. The van der Waals surface area contributed by atoms with Crippen molar-refractivity contribution in [1.29, 1.82) is 0 Å². The van der Waals surface area contributed by atoms with E-state index in [-0.39, 0.29) is 0 Å². The van der Waals surface area contributed by atoms with Gasteiger partial charge < -0.3 is 5.43 Å². The monoisotopic (exact) mass is 232 g/mol. The quantitative estimate of drug-likeness (QED) is 0.354. The van der Waals surface area contributed by atoms with Crippen molar-refractivity contribution < 1.29 is 0 Å². The summed E-state index contributed by atoms with van der Waals surface area (Å²) in [5.74, 6) is 6.35. The largest absolute Gasteiger partial charge is 0.308 e. The summed E-state index contributed by atoms with van der Waals surface area (Å²) in [5, 5.41) is 0. The first-order valence-corrected chi connectivity index (χ1v) is 6.27. The van der Waals surface area contributed by atoms with Gasteiger partial charge in [-0.15, -0.1) is 0 Å². The van der Waals surface area contributed by atoms with Gasteiger partial charge in [0.1, 0.15) is 5.84 Å². The van der Waals surface area contributed by atoms with E-state index < -0.39 is 0 Å². The van der Waals surface area contributed by atoms with Gasteiger partial charge >= 0.3 is 0 Å². The lowest BCUT2D eigenvalue weighted by atomic mass is 9.96. The van der Waals surface area contributed by atoms with E-state index in [4.69, 9.17) is 10.8 Å². The third-order valence-electron chi connectivity index (χ3n) is 3.29. The smallest absolute Gasteiger partial charge is 0.144 e. The summed E-state index contributed by atoms with van der Waals surface area (Å²) in [5.41, 5.74) is 4.68. The molecule has 0 saturated heterocycles. The van der Waals surface area contributed by atoms with Gasteiger partial charge in [0.2, 0.25) is 0 Å². The summed E-state index contributed by atoms with van der Waals surface area (Å²) < 4.78 is 0. The summed E-state index contributed by atoms with van der Waals surface area (Å²) in [4.78, 5) is 8.99. The zero-order chi connectivity index (χ0) is 12.1. The van der Waals surface area contributed by atoms with Gasteiger partial charge in [-0.3, -0.25) is 9.98 Å². The van der Waals surface area contributed by atoms with Crippen LogP contribution >= 0.6 is 0 Å². The number of pyridine rings is 1. The predicted octanol–water partition coefficient (Wildman–Crippen LogP) is 1.93. The van der Waals surface area contributed by atoms with Gasteiger partial charge in [0.05, 0.1) is 6.04 Å². The molecule has 1 fully saturated rings. The number of hydrogen-bond acceptors (Lipinski definition) is 3. The molecule has 0 radical (unpaired) electrons. The second-order valence-electron chi connectivity index (χ2n) is 4.55. The Morgan fingerprint density at radius 3 is 2.82 bits per heavy atom. The SMILES string of the molecule is Cc1ncccc1C(=NC1CCCCC1)NN. The Kier molecular flexibility index (Phi) is 4.09. The van der Waals surface area contributed by atoms with Crippen molar-refractivity contribution in [1.82, 2.24) is 10.4 Å². The van der Waals surface area contributed by atoms with Crippen LogP contribution in [0.2, 0.25) is 0 Å². The third-order valence-corrected chi connectivity index (χ3v) is 3.29. The van der Waals surface area contributed by atoms with Crippen molar-refractivity contribution in [3.63, 3.8) is 0 Å². The number of aryl methyl sites for hydroxylation is 1. The Hall–Kier alpha value is -1.42. The molecule has 4 heteroatoms. The first-order chi connectivity index (χ1) is 8.31. The highest BCUT2D eigenvalue weighted by atomic mass is 15.3. The first-order valence-electron chi connectivity index (χ1n) is 6.27. The molecule has 0 bridgehead atoms. The van der Waals surface area contributed by atoms with Crippen LogP contribution in [0.25, 0.3) is 0 Å². The molecule has 92 valence electrons. The minimum Gasteiger partial charge on any atom is -0.308 e. The van der Waals surface area contributed by atoms with Crippen molar-refractivity contribution in [3.8, 4) is 0 Å². The molecule has 1 saturated carbocycles. The summed E-state index contributed by atoms with van der Waals surface area (Å²) in [6.45, 7) is 1.98. The Morgan fingerprint density at radius 2 is 2.18 bits per heavy atom. The Labute approximate surface area is 102 Å². The topological polar surface area (TPSA) is 63.3 Å². The first kappa shape index (κ1) is 12.0. The highest BCUT2D eigenvalue weighted by molar-refractivity contribution is 5.99. The summed E-state index contributed by atoms with van der Waals surface area (Å²) in [6, 6.07) is 4.33. The molecule has 0 aromatic carbocycles. The van der Waals surface area contributed by atoms with E-state index in [0.29, 0.717) is 6.04 Å². The maximum absolute atomic E-state index is 5.58. The van der Waals surface area contributed by atoms with E-state index in [1.165, 1.54) is 32.1 Å². The second kappa shape index (κ2) is 5.77. The fourth-order valence-corrected chi connectivity index (χ4v) is 2.31. The number of hydrogen-bond donors (Lipinski definition) is 2. The normalized spacial score (nSPS) is 18.1. The van der Waals surface area contributed by atoms with E-state index >= 15 is 0 Å². The van der Waals surface area contributed by atoms with Crippen LogP contribution in [0.4, 0.5) is 0 Å². The van der Waals surface area contributed by atoms with Crippen LogP contribution < -0.4 is 11.3 Å². The van der Waals surface area contributed by atoms with Crippen LogP contribution in [-0.4, -0.2) is 16.9 Å². The molecule has 1 aliphatic carbocycles. The Balaban J connectivity index is 2.20. The lowest BCUT2D eigenvalue weighted by Crippen LogP contribution is -2.33. The van der Waals surface area contributed by atoms with Crippen molar-refractivity contribution in [2.24, 2.45) is 10.8 Å². The molecule has 1 aromatic heterocycles. The van der Waals surface area contributed by atoms with Crippen molar-refractivity contribution in [3.05, 3.63) is 29.6 Å². The van der Waals surface area contributed by atoms with Crippen LogP contribution in [0.1, 0.15) is 43.4 Å². The van der Waals surface area contributed by atoms with E-state index in [1.807, 2.05) is 19.1 Å². The highest BCUT2D eigenvalue weighted by Crippen LogP contribution is 2.21. The molecule has 0 unspecified atom stereocenters. The van der Waals surface area contributed by atoms with Crippen molar-refractivity contribution >= 4 is 5.84 Å². The summed E-state index contributed by atoms with van der Waals surface area (Å²) >= 11 is 0. The lowest BCUT2D eigenvalue weighted by molar-refractivity contribution is 0.442. The number of aliphatic imine (C=N–C) groups is 1. The molecule has 17 heavy (non-hydrogen) atoms. The fourth-order valence-electron chi connectivity index (χ4n) is 2.31. The molecular weight excluding hydrogens is 212 g/mol. The number of rotatable bonds is 2. The van der Waals surface area contributed by atoms with E-state index in [9.17, 15) is 0 Å². The molecule has 3 N–H and O–H groups in total. The number of nitrogens with two attached hydrogens (primary N) is 1. The van der Waals surface area contributed by atoms with Crippen molar-refractivity contribution in [2.45, 2.75) is 45.1 Å². The molecule has 2 rings (SSSR count). The number of nitrogens with one attached hydrogen (secondary N) is 1. The molecule has 0 amide bonds. The van der Waals surface area contributed by atoms with Crippen molar-refractivity contribution in [2.75, 3.05) is 0 Å². The van der Waals surface area contributed by atoms with Crippen LogP contribution in [0.3, 0.4) is 0 Å². The van der Waals surface area contributed by atoms with Gasteiger partial charge in [-0.1, -0.05) is 19.3 Å². The summed E-state index contributed by atoms with van der Waals surface area (Å²) in [6.07, 6.45) is 8.02. The van der Waals surface area contributed by atoms with Gasteiger partial charge in [0, 0.05) is 17.5 Å². The molecular formula is C13H20N4. The molecule has 1 aromatic rings. The summed E-state index contributed by atoms with van der Waals surface area (Å²) in [7, 11) is 0. The van der Waals surface area contributed by atoms with E-state index in [1.54, 1.807) is 6.20 Å². The number of nitrogens with zero attached hydrogens (tertiary/aromatic N) is 2. The van der Waals surface area contributed by atoms with E-state index in [2.05, 4.69) is 10.4 Å². The maximum Gasteiger partial charge on any atom is 0.144 e. The molecule has 0 atom stereocenters. The zero-order valence-corrected chi connectivity index (χ0v) is 10.3. The fraction of sp³-hybridized carbons (Fsp3) is 0.538. The molecule has 1 heterocycles. The maximum atomic E-state index is 5.58. The Bertz CT molecular complexity index is 394. The number of hydrazine groups is 1. The van der Waals surface area contributed by atoms with Gasteiger partial charge in [0.15, 0.2) is 0 Å². The average Bonchev–Trinajstić information content (AvgIpc) is 2.38.